The maximum atomic E-state index is 12.6. The van der Waals surface area contributed by atoms with Gasteiger partial charge in [-0.1, -0.05) is 25.1 Å². The Morgan fingerprint density at radius 2 is 2.12 bits per heavy atom. The van der Waals surface area contributed by atoms with E-state index in [9.17, 15) is 9.59 Å². The van der Waals surface area contributed by atoms with Gasteiger partial charge in [0.2, 0.25) is 5.91 Å². The molecule has 0 bridgehead atoms. The third-order valence-corrected chi connectivity index (χ3v) is 5.81. The Kier molecular flexibility index (Phi) is 4.32. The molecule has 1 atom stereocenters. The van der Waals surface area contributed by atoms with Crippen molar-refractivity contribution >= 4 is 33.1 Å². The number of fused-ring (bicyclic) bond motifs is 2. The summed E-state index contributed by atoms with van der Waals surface area (Å²) in [5.74, 6) is 0.378. The van der Waals surface area contributed by atoms with Crippen molar-refractivity contribution in [2.45, 2.75) is 39.7 Å². The third kappa shape index (κ3) is 3.14. The Hall–Kier alpha value is -2.54. The molecular weight excluding hydrogens is 348 g/mol. The second-order valence-corrected chi connectivity index (χ2v) is 7.96. The average molecular weight is 368 g/mol. The molecule has 1 aliphatic carbocycles. The fourth-order valence-electron chi connectivity index (χ4n) is 3.40. The van der Waals surface area contributed by atoms with E-state index in [1.165, 1.54) is 20.9 Å². The second-order valence-electron chi connectivity index (χ2n) is 6.88. The van der Waals surface area contributed by atoms with E-state index >= 15 is 0 Å². The zero-order chi connectivity index (χ0) is 18.3. The zero-order valence-electron chi connectivity index (χ0n) is 14.8. The van der Waals surface area contributed by atoms with Gasteiger partial charge in [0.1, 0.15) is 6.54 Å². The summed E-state index contributed by atoms with van der Waals surface area (Å²) in [6, 6.07) is 7.31. The topological polar surface area (TPSA) is 76.9 Å². The van der Waals surface area contributed by atoms with Gasteiger partial charge in [0.25, 0.3) is 5.56 Å². The minimum absolute atomic E-state index is 0.120. The van der Waals surface area contributed by atoms with Gasteiger partial charge in [0.15, 0.2) is 5.13 Å². The Morgan fingerprint density at radius 1 is 1.35 bits per heavy atom. The number of hydrogen-bond acceptors (Lipinski definition) is 5. The van der Waals surface area contributed by atoms with Gasteiger partial charge < -0.3 is 5.32 Å². The SMILES string of the molecule is Cc1nn(CC(=O)Nc2nc3c(s2)CC(C)CC3)c(=O)c2ccccc12. The van der Waals surface area contributed by atoms with E-state index in [1.807, 2.05) is 25.1 Å². The first-order valence-corrected chi connectivity index (χ1v) is 9.58. The number of rotatable bonds is 3. The van der Waals surface area contributed by atoms with E-state index in [-0.39, 0.29) is 18.0 Å². The smallest absolute Gasteiger partial charge is 0.275 e. The van der Waals surface area contributed by atoms with Crippen molar-refractivity contribution in [3.05, 3.63) is 50.9 Å². The summed E-state index contributed by atoms with van der Waals surface area (Å²) in [7, 11) is 0. The molecule has 0 saturated carbocycles. The van der Waals surface area contributed by atoms with Crippen LogP contribution in [-0.4, -0.2) is 20.7 Å². The van der Waals surface area contributed by atoms with Crippen molar-refractivity contribution in [1.29, 1.82) is 0 Å². The molecule has 134 valence electrons. The molecule has 0 aliphatic heterocycles. The predicted octanol–water partition coefficient (Wildman–Crippen LogP) is 2.92. The van der Waals surface area contributed by atoms with Crippen LogP contribution < -0.4 is 10.9 Å². The zero-order valence-corrected chi connectivity index (χ0v) is 15.6. The minimum atomic E-state index is -0.284. The predicted molar refractivity (Wildman–Crippen MR) is 103 cm³/mol. The van der Waals surface area contributed by atoms with E-state index < -0.39 is 0 Å². The first kappa shape index (κ1) is 16.9. The number of amides is 1. The van der Waals surface area contributed by atoms with Gasteiger partial charge in [0.05, 0.1) is 16.8 Å². The molecule has 1 aromatic carbocycles. The van der Waals surface area contributed by atoms with Crippen LogP contribution in [0.4, 0.5) is 5.13 Å². The van der Waals surface area contributed by atoms with Crippen molar-refractivity contribution in [1.82, 2.24) is 14.8 Å². The first-order chi connectivity index (χ1) is 12.5. The van der Waals surface area contributed by atoms with Crippen LogP contribution in [0, 0.1) is 12.8 Å². The van der Waals surface area contributed by atoms with E-state index in [2.05, 4.69) is 22.3 Å². The van der Waals surface area contributed by atoms with E-state index in [4.69, 9.17) is 0 Å². The highest BCUT2D eigenvalue weighted by Crippen LogP contribution is 2.32. The lowest BCUT2D eigenvalue weighted by molar-refractivity contribution is -0.117. The number of nitrogens with one attached hydrogen (secondary N) is 1. The summed E-state index contributed by atoms with van der Waals surface area (Å²) < 4.78 is 1.22. The van der Waals surface area contributed by atoms with Crippen molar-refractivity contribution in [3.63, 3.8) is 0 Å². The average Bonchev–Trinajstić information content (AvgIpc) is 3.00. The van der Waals surface area contributed by atoms with Crippen molar-refractivity contribution < 1.29 is 4.79 Å². The summed E-state index contributed by atoms with van der Waals surface area (Å²) >= 11 is 1.54. The van der Waals surface area contributed by atoms with Crippen LogP contribution >= 0.6 is 11.3 Å². The molecule has 4 rings (SSSR count). The van der Waals surface area contributed by atoms with Crippen LogP contribution in [0.25, 0.3) is 10.8 Å². The second kappa shape index (κ2) is 6.64. The standard InChI is InChI=1S/C19H20N4O2S/c1-11-7-8-15-16(9-11)26-19(20-15)21-17(24)10-23-18(25)14-6-4-3-5-13(14)12(2)22-23/h3-6,11H,7-10H2,1-2H3,(H,20,21,24). The summed E-state index contributed by atoms with van der Waals surface area (Å²) in [5.41, 5.74) is 1.57. The number of carbonyl (C=O) groups excluding carboxylic acids is 1. The number of aromatic nitrogens is 3. The molecule has 1 aliphatic rings. The van der Waals surface area contributed by atoms with Crippen LogP contribution in [0.5, 0.6) is 0 Å². The van der Waals surface area contributed by atoms with Crippen LogP contribution in [0.3, 0.4) is 0 Å². The van der Waals surface area contributed by atoms with Gasteiger partial charge in [0, 0.05) is 10.3 Å². The Labute approximate surface area is 154 Å². The summed E-state index contributed by atoms with van der Waals surface area (Å²) in [6.45, 7) is 3.96. The van der Waals surface area contributed by atoms with Gasteiger partial charge >= 0.3 is 0 Å². The molecule has 2 heterocycles. The molecule has 1 amide bonds. The van der Waals surface area contributed by atoms with Crippen molar-refractivity contribution in [2.75, 3.05) is 5.32 Å². The van der Waals surface area contributed by atoms with E-state index in [1.54, 1.807) is 6.07 Å². The maximum absolute atomic E-state index is 12.6. The lowest BCUT2D eigenvalue weighted by Crippen LogP contribution is -2.30. The molecule has 26 heavy (non-hydrogen) atoms. The van der Waals surface area contributed by atoms with Crippen molar-refractivity contribution in [2.24, 2.45) is 5.92 Å². The lowest BCUT2D eigenvalue weighted by Gasteiger charge is -2.15. The number of nitrogens with zero attached hydrogens (tertiary/aromatic N) is 3. The van der Waals surface area contributed by atoms with Gasteiger partial charge in [-0.2, -0.15) is 5.10 Å². The number of benzene rings is 1. The number of hydrogen-bond donors (Lipinski definition) is 1. The van der Waals surface area contributed by atoms with Crippen molar-refractivity contribution in [3.8, 4) is 0 Å². The molecular formula is C19H20N4O2S. The molecule has 7 heteroatoms. The summed E-state index contributed by atoms with van der Waals surface area (Å²) in [4.78, 5) is 30.8. The number of carbonyl (C=O) groups is 1. The van der Waals surface area contributed by atoms with Crippen LogP contribution in [0.1, 0.15) is 29.6 Å². The fraction of sp³-hybridized carbons (Fsp3) is 0.368. The molecule has 0 radical (unpaired) electrons. The highest BCUT2D eigenvalue weighted by molar-refractivity contribution is 7.15. The van der Waals surface area contributed by atoms with E-state index in [0.29, 0.717) is 16.4 Å². The number of thiazole rings is 1. The minimum Gasteiger partial charge on any atom is -0.300 e. The maximum Gasteiger partial charge on any atom is 0.275 e. The van der Waals surface area contributed by atoms with Gasteiger partial charge in [-0.15, -0.1) is 11.3 Å². The van der Waals surface area contributed by atoms with Gasteiger partial charge in [-0.25, -0.2) is 9.67 Å². The molecule has 0 fully saturated rings. The summed E-state index contributed by atoms with van der Waals surface area (Å²) in [5, 5.41) is 9.11. The first-order valence-electron chi connectivity index (χ1n) is 8.76. The molecule has 6 nitrogen and oxygen atoms in total. The number of aryl methyl sites for hydroxylation is 2. The Morgan fingerprint density at radius 3 is 2.92 bits per heavy atom. The molecule has 1 N–H and O–H groups in total. The van der Waals surface area contributed by atoms with E-state index in [0.717, 1.165) is 36.0 Å². The third-order valence-electron chi connectivity index (χ3n) is 4.78. The van der Waals surface area contributed by atoms with Gasteiger partial charge in [-0.05, 0) is 38.2 Å². The van der Waals surface area contributed by atoms with Gasteiger partial charge in [-0.3, -0.25) is 9.59 Å². The van der Waals surface area contributed by atoms with Crippen LogP contribution in [-0.2, 0) is 24.2 Å². The summed E-state index contributed by atoms with van der Waals surface area (Å²) in [6.07, 6.45) is 3.13. The van der Waals surface area contributed by atoms with Crippen LogP contribution in [0.15, 0.2) is 29.1 Å². The molecule has 3 aromatic rings. The molecule has 0 spiro atoms. The molecule has 1 unspecified atom stereocenters. The highest BCUT2D eigenvalue weighted by Gasteiger charge is 2.20. The monoisotopic (exact) mass is 368 g/mol. The lowest BCUT2D eigenvalue weighted by atomic mass is 9.93. The quantitative estimate of drug-likeness (QED) is 0.771. The number of anilines is 1. The largest absolute Gasteiger partial charge is 0.300 e. The Bertz CT molecular complexity index is 1050. The highest BCUT2D eigenvalue weighted by atomic mass is 32.1. The molecule has 2 aromatic heterocycles. The Balaban J connectivity index is 1.55. The fourth-order valence-corrected chi connectivity index (χ4v) is 4.59. The normalized spacial score (nSPS) is 16.5. The molecule has 0 saturated heterocycles. The van der Waals surface area contributed by atoms with Crippen LogP contribution in [0.2, 0.25) is 0 Å².